The molecule has 0 aliphatic carbocycles. The number of hydrogen-bond donors (Lipinski definition) is 2. The first kappa shape index (κ1) is 10.6. The number of amides is 1. The van der Waals surface area contributed by atoms with Gasteiger partial charge in [-0.2, -0.15) is 0 Å². The molecule has 1 atom stereocenters. The van der Waals surface area contributed by atoms with E-state index in [1.807, 2.05) is 0 Å². The molecule has 14 heavy (non-hydrogen) atoms. The number of carboxylic acids is 1. The number of carbonyl (C=O) groups is 2. The molecule has 1 unspecified atom stereocenters. The third-order valence-electron chi connectivity index (χ3n) is 1.56. The molecule has 2 N–H and O–H groups in total. The number of nitrogens with zero attached hydrogens (tertiary/aromatic N) is 1. The normalized spacial score (nSPS) is 12.1. The summed E-state index contributed by atoms with van der Waals surface area (Å²) < 4.78 is 0. The van der Waals surface area contributed by atoms with Gasteiger partial charge in [-0.25, -0.2) is 4.98 Å². The maximum absolute atomic E-state index is 11.4. The number of thiazole rings is 1. The zero-order valence-corrected chi connectivity index (χ0v) is 8.59. The molecule has 5 nitrogen and oxygen atoms in total. The van der Waals surface area contributed by atoms with Gasteiger partial charge in [-0.1, -0.05) is 0 Å². The standard InChI is InChI=1S/C8H10N2O3S/c1-4(8(12)13)10-7(11)6-3-9-5(2)14-6/h3-4H,1-2H3,(H,10,11)(H,12,13). The van der Waals surface area contributed by atoms with E-state index in [2.05, 4.69) is 10.3 Å². The lowest BCUT2D eigenvalue weighted by molar-refractivity contribution is -0.138. The molecule has 0 spiro atoms. The second-order valence-electron chi connectivity index (χ2n) is 2.78. The van der Waals surface area contributed by atoms with E-state index in [-0.39, 0.29) is 0 Å². The third-order valence-corrected chi connectivity index (χ3v) is 2.47. The monoisotopic (exact) mass is 214 g/mol. The fourth-order valence-electron chi connectivity index (χ4n) is 0.796. The largest absolute Gasteiger partial charge is 0.480 e. The quantitative estimate of drug-likeness (QED) is 0.774. The van der Waals surface area contributed by atoms with Crippen LogP contribution in [0.4, 0.5) is 0 Å². The fraction of sp³-hybridized carbons (Fsp3) is 0.375. The Morgan fingerprint density at radius 1 is 1.64 bits per heavy atom. The molecule has 0 fully saturated rings. The predicted octanol–water partition coefficient (Wildman–Crippen LogP) is 0.654. The lowest BCUT2D eigenvalue weighted by atomic mass is 10.3. The van der Waals surface area contributed by atoms with Crippen molar-refractivity contribution in [2.45, 2.75) is 19.9 Å². The van der Waals surface area contributed by atoms with Crippen molar-refractivity contribution < 1.29 is 14.7 Å². The Morgan fingerprint density at radius 3 is 2.71 bits per heavy atom. The summed E-state index contributed by atoms with van der Waals surface area (Å²) >= 11 is 1.23. The summed E-state index contributed by atoms with van der Waals surface area (Å²) in [6.45, 7) is 3.19. The molecule has 1 rings (SSSR count). The van der Waals surface area contributed by atoms with Crippen LogP contribution >= 0.6 is 11.3 Å². The van der Waals surface area contributed by atoms with Crippen molar-refractivity contribution in [1.82, 2.24) is 10.3 Å². The number of hydrogen-bond acceptors (Lipinski definition) is 4. The zero-order chi connectivity index (χ0) is 10.7. The van der Waals surface area contributed by atoms with E-state index in [4.69, 9.17) is 5.11 Å². The van der Waals surface area contributed by atoms with Gasteiger partial charge in [0.2, 0.25) is 0 Å². The molecule has 76 valence electrons. The molecule has 1 heterocycles. The molecule has 0 radical (unpaired) electrons. The van der Waals surface area contributed by atoms with E-state index in [1.54, 1.807) is 6.92 Å². The second-order valence-corrected chi connectivity index (χ2v) is 4.01. The van der Waals surface area contributed by atoms with Gasteiger partial charge in [-0.3, -0.25) is 9.59 Å². The topological polar surface area (TPSA) is 79.3 Å². The van der Waals surface area contributed by atoms with E-state index in [9.17, 15) is 9.59 Å². The Morgan fingerprint density at radius 2 is 2.29 bits per heavy atom. The van der Waals surface area contributed by atoms with Gasteiger partial charge in [-0.15, -0.1) is 11.3 Å². The second kappa shape index (κ2) is 4.19. The van der Waals surface area contributed by atoms with Crippen LogP contribution < -0.4 is 5.32 Å². The maximum Gasteiger partial charge on any atom is 0.325 e. The van der Waals surface area contributed by atoms with Crippen LogP contribution in [0, 0.1) is 6.92 Å². The highest BCUT2D eigenvalue weighted by atomic mass is 32.1. The molecule has 0 aliphatic heterocycles. The SMILES string of the molecule is Cc1ncc(C(=O)NC(C)C(=O)O)s1. The van der Waals surface area contributed by atoms with Crippen molar-refractivity contribution in [2.75, 3.05) is 0 Å². The molecule has 1 aromatic heterocycles. The summed E-state index contributed by atoms with van der Waals surface area (Å²) in [4.78, 5) is 26.1. The molecule has 0 saturated carbocycles. The summed E-state index contributed by atoms with van der Waals surface area (Å²) in [5.74, 6) is -1.45. The van der Waals surface area contributed by atoms with Gasteiger partial charge in [0, 0.05) is 0 Å². The molecule has 0 bridgehead atoms. The van der Waals surface area contributed by atoms with Crippen molar-refractivity contribution in [3.63, 3.8) is 0 Å². The predicted molar refractivity (Wildman–Crippen MR) is 51.4 cm³/mol. The van der Waals surface area contributed by atoms with Crippen LogP contribution in [0.2, 0.25) is 0 Å². The maximum atomic E-state index is 11.4. The molecule has 1 amide bonds. The number of carboxylic acid groups (broad SMARTS) is 1. The molecular formula is C8H10N2O3S. The first-order valence-corrected chi connectivity index (χ1v) is 4.78. The van der Waals surface area contributed by atoms with E-state index >= 15 is 0 Å². The number of aliphatic carboxylic acids is 1. The van der Waals surface area contributed by atoms with Gasteiger partial charge >= 0.3 is 5.97 Å². The molecule has 0 aliphatic rings. The smallest absolute Gasteiger partial charge is 0.325 e. The van der Waals surface area contributed by atoms with Crippen molar-refractivity contribution in [3.8, 4) is 0 Å². The van der Waals surface area contributed by atoms with Crippen LogP contribution in [-0.4, -0.2) is 28.0 Å². The summed E-state index contributed by atoms with van der Waals surface area (Å²) in [5.41, 5.74) is 0. The average molecular weight is 214 g/mol. The number of rotatable bonds is 3. The fourth-order valence-corrected chi connectivity index (χ4v) is 1.48. The highest BCUT2D eigenvalue weighted by Gasteiger charge is 2.16. The minimum Gasteiger partial charge on any atom is -0.480 e. The van der Waals surface area contributed by atoms with Gasteiger partial charge in [0.05, 0.1) is 11.2 Å². The first-order chi connectivity index (χ1) is 6.50. The van der Waals surface area contributed by atoms with Gasteiger partial charge in [-0.05, 0) is 13.8 Å². The van der Waals surface area contributed by atoms with Crippen molar-refractivity contribution >= 4 is 23.2 Å². The Hall–Kier alpha value is -1.43. The molecule has 6 heteroatoms. The molecule has 1 aromatic rings. The minimum absolute atomic E-state index is 0.398. The van der Waals surface area contributed by atoms with Gasteiger partial charge < -0.3 is 10.4 Å². The number of aromatic nitrogens is 1. The first-order valence-electron chi connectivity index (χ1n) is 3.97. The minimum atomic E-state index is -1.06. The summed E-state index contributed by atoms with van der Waals surface area (Å²) in [5, 5.41) is 11.7. The van der Waals surface area contributed by atoms with Gasteiger partial charge in [0.25, 0.3) is 5.91 Å². The zero-order valence-electron chi connectivity index (χ0n) is 7.77. The Bertz CT molecular complexity index is 361. The average Bonchev–Trinajstić information content (AvgIpc) is 2.51. The highest BCUT2D eigenvalue weighted by Crippen LogP contribution is 2.11. The lowest BCUT2D eigenvalue weighted by Crippen LogP contribution is -2.37. The van der Waals surface area contributed by atoms with Gasteiger partial charge in [0.1, 0.15) is 10.9 Å². The Labute approximate surface area is 84.8 Å². The summed E-state index contributed by atoms with van der Waals surface area (Å²) in [6.07, 6.45) is 1.43. The van der Waals surface area contributed by atoms with Crippen LogP contribution in [-0.2, 0) is 4.79 Å². The van der Waals surface area contributed by atoms with E-state index in [0.29, 0.717) is 4.88 Å². The van der Waals surface area contributed by atoms with Crippen LogP contribution in [0.3, 0.4) is 0 Å². The van der Waals surface area contributed by atoms with Gasteiger partial charge in [0.15, 0.2) is 0 Å². The molecule has 0 saturated heterocycles. The van der Waals surface area contributed by atoms with E-state index in [0.717, 1.165) is 5.01 Å². The number of aryl methyl sites for hydroxylation is 1. The molecule has 0 aromatic carbocycles. The summed E-state index contributed by atoms with van der Waals surface area (Å²) in [6, 6.07) is -0.884. The van der Waals surface area contributed by atoms with Crippen LogP contribution in [0.15, 0.2) is 6.20 Å². The summed E-state index contributed by atoms with van der Waals surface area (Å²) in [7, 11) is 0. The van der Waals surface area contributed by atoms with Crippen molar-refractivity contribution in [3.05, 3.63) is 16.1 Å². The van der Waals surface area contributed by atoms with Crippen molar-refractivity contribution in [2.24, 2.45) is 0 Å². The third kappa shape index (κ3) is 2.53. The highest BCUT2D eigenvalue weighted by molar-refractivity contribution is 7.13. The Kier molecular flexibility index (Phi) is 3.19. The Balaban J connectivity index is 2.63. The van der Waals surface area contributed by atoms with E-state index < -0.39 is 17.9 Å². The van der Waals surface area contributed by atoms with E-state index in [1.165, 1.54) is 24.5 Å². The van der Waals surface area contributed by atoms with Crippen LogP contribution in [0.5, 0.6) is 0 Å². The van der Waals surface area contributed by atoms with Crippen molar-refractivity contribution in [1.29, 1.82) is 0 Å². The van der Waals surface area contributed by atoms with Crippen LogP contribution in [0.25, 0.3) is 0 Å². The molecular weight excluding hydrogens is 204 g/mol. The lowest BCUT2D eigenvalue weighted by Gasteiger charge is -2.06. The van der Waals surface area contributed by atoms with Crippen LogP contribution in [0.1, 0.15) is 21.6 Å². The number of carbonyl (C=O) groups excluding carboxylic acids is 1. The number of nitrogens with one attached hydrogen (secondary N) is 1.